The van der Waals surface area contributed by atoms with Crippen LogP contribution in [0, 0.1) is 28.5 Å². The van der Waals surface area contributed by atoms with Gasteiger partial charge in [0.2, 0.25) is 0 Å². The average molecular weight is 463 g/mol. The van der Waals surface area contributed by atoms with E-state index in [2.05, 4.69) is 21.2 Å². The molecule has 1 N–H and O–H groups in total. The normalized spacial score (nSPS) is 16.5. The van der Waals surface area contributed by atoms with Crippen molar-refractivity contribution in [1.82, 2.24) is 20.0 Å². The molecule has 2 aliphatic heterocycles. The molecule has 2 fully saturated rings. The Morgan fingerprint density at radius 2 is 1.59 bits per heavy atom. The summed E-state index contributed by atoms with van der Waals surface area (Å²) in [5, 5.41) is 22.4. The molecule has 0 atom stereocenters. The third kappa shape index (κ3) is 6.17. The molecule has 3 heterocycles. The Kier molecular flexibility index (Phi) is 8.19. The highest BCUT2D eigenvalue weighted by atomic mass is 19.1. The van der Waals surface area contributed by atoms with Gasteiger partial charge in [-0.1, -0.05) is 18.6 Å². The van der Waals surface area contributed by atoms with Gasteiger partial charge in [-0.2, -0.15) is 10.5 Å². The first-order valence-electron chi connectivity index (χ1n) is 12.0. The third-order valence-electron chi connectivity index (χ3n) is 6.38. The number of furan rings is 1. The highest BCUT2D eigenvalue weighted by Crippen LogP contribution is 2.24. The lowest BCUT2D eigenvalue weighted by Crippen LogP contribution is -2.31. The van der Waals surface area contributed by atoms with E-state index in [0.717, 1.165) is 43.3 Å². The van der Waals surface area contributed by atoms with Crippen molar-refractivity contribution in [1.29, 1.82) is 10.5 Å². The molecule has 2 saturated heterocycles. The van der Waals surface area contributed by atoms with Crippen LogP contribution in [0.25, 0.3) is 0 Å². The molecule has 0 amide bonds. The van der Waals surface area contributed by atoms with Gasteiger partial charge in [0.1, 0.15) is 35.3 Å². The van der Waals surface area contributed by atoms with Crippen molar-refractivity contribution in [2.24, 2.45) is 0 Å². The van der Waals surface area contributed by atoms with E-state index in [1.807, 2.05) is 23.1 Å². The number of nitrogens with zero attached hydrogens (tertiary/aromatic N) is 5. The maximum atomic E-state index is 13.2. The van der Waals surface area contributed by atoms with E-state index in [4.69, 9.17) is 4.42 Å². The van der Waals surface area contributed by atoms with Gasteiger partial charge in [-0.05, 0) is 55.8 Å². The molecule has 4 rings (SSSR count). The smallest absolute Gasteiger partial charge is 0.169 e. The van der Waals surface area contributed by atoms with E-state index >= 15 is 0 Å². The van der Waals surface area contributed by atoms with Crippen LogP contribution in [0.15, 0.2) is 52.2 Å². The maximum Gasteiger partial charge on any atom is 0.169 e. The summed E-state index contributed by atoms with van der Waals surface area (Å²) in [4.78, 5) is 6.54. The molecule has 0 aliphatic carbocycles. The zero-order valence-corrected chi connectivity index (χ0v) is 19.5. The maximum absolute atomic E-state index is 13.2. The minimum atomic E-state index is -0.279. The van der Waals surface area contributed by atoms with E-state index in [-0.39, 0.29) is 11.4 Å². The molecule has 0 radical (unpaired) electrons. The number of benzene rings is 1. The molecule has 1 aromatic heterocycles. The van der Waals surface area contributed by atoms with Crippen molar-refractivity contribution in [2.75, 3.05) is 39.3 Å². The van der Waals surface area contributed by atoms with Crippen LogP contribution in [0.1, 0.15) is 36.3 Å². The SMILES string of the molecule is N#CC(C#N)=C1N(CCNCc2ccc(CN3CCCCC3)o2)CCN1Cc1ccc(F)cc1. The van der Waals surface area contributed by atoms with Crippen molar-refractivity contribution in [3.05, 3.63) is 70.7 Å². The van der Waals surface area contributed by atoms with E-state index in [0.29, 0.717) is 38.5 Å². The van der Waals surface area contributed by atoms with Crippen LogP contribution in [0.2, 0.25) is 0 Å². The van der Waals surface area contributed by atoms with Crippen molar-refractivity contribution >= 4 is 0 Å². The second-order valence-electron chi connectivity index (χ2n) is 8.84. The van der Waals surface area contributed by atoms with Crippen LogP contribution in [0.3, 0.4) is 0 Å². The molecule has 0 saturated carbocycles. The minimum absolute atomic E-state index is 0.105. The zero-order chi connectivity index (χ0) is 23.8. The highest BCUT2D eigenvalue weighted by molar-refractivity contribution is 5.40. The Labute approximate surface area is 200 Å². The van der Waals surface area contributed by atoms with Crippen molar-refractivity contribution in [2.45, 2.75) is 38.9 Å². The van der Waals surface area contributed by atoms with Crippen LogP contribution in [-0.2, 0) is 19.6 Å². The van der Waals surface area contributed by atoms with Crippen LogP contribution >= 0.6 is 0 Å². The summed E-state index contributed by atoms with van der Waals surface area (Å²) in [5.41, 5.74) is 1.04. The summed E-state index contributed by atoms with van der Waals surface area (Å²) >= 11 is 0. The number of nitriles is 2. The fourth-order valence-electron chi connectivity index (χ4n) is 4.64. The standard InChI is InChI=1S/C26H31FN6O/c27-23-6-4-21(5-7-23)19-33-15-14-32(26(33)22(16-28)17-29)13-10-30-18-24-8-9-25(34-24)20-31-11-2-1-3-12-31/h4-9,30H,1-3,10-15,18-20H2. The number of rotatable bonds is 9. The topological polar surface area (TPSA) is 82.5 Å². The van der Waals surface area contributed by atoms with Crippen molar-refractivity contribution < 1.29 is 8.81 Å². The third-order valence-corrected chi connectivity index (χ3v) is 6.38. The second kappa shape index (κ2) is 11.7. The predicted octanol–water partition coefficient (Wildman–Crippen LogP) is 3.57. The van der Waals surface area contributed by atoms with Gasteiger partial charge < -0.3 is 19.5 Å². The fourth-order valence-corrected chi connectivity index (χ4v) is 4.64. The Morgan fingerprint density at radius 1 is 0.882 bits per heavy atom. The summed E-state index contributed by atoms with van der Waals surface area (Å²) in [6.45, 7) is 7.12. The molecule has 2 aliphatic rings. The minimum Gasteiger partial charge on any atom is -0.463 e. The predicted molar refractivity (Wildman–Crippen MR) is 126 cm³/mol. The Balaban J connectivity index is 1.29. The summed E-state index contributed by atoms with van der Waals surface area (Å²) in [5.74, 6) is 2.29. The zero-order valence-electron chi connectivity index (χ0n) is 19.5. The van der Waals surface area contributed by atoms with E-state index in [1.165, 1.54) is 31.4 Å². The molecule has 0 bridgehead atoms. The monoisotopic (exact) mass is 462 g/mol. The van der Waals surface area contributed by atoms with E-state index < -0.39 is 0 Å². The number of likely N-dealkylation sites (tertiary alicyclic amines) is 1. The van der Waals surface area contributed by atoms with Gasteiger partial charge in [-0.15, -0.1) is 0 Å². The first-order chi connectivity index (χ1) is 16.7. The number of nitrogens with one attached hydrogen (secondary N) is 1. The van der Waals surface area contributed by atoms with Gasteiger partial charge in [-0.25, -0.2) is 4.39 Å². The average Bonchev–Trinajstić information content (AvgIpc) is 3.47. The second-order valence-corrected chi connectivity index (χ2v) is 8.84. The molecule has 0 spiro atoms. The molecule has 7 nitrogen and oxygen atoms in total. The number of halogens is 1. The molecular formula is C26H31FN6O. The van der Waals surface area contributed by atoms with Crippen LogP contribution in [-0.4, -0.2) is 54.0 Å². The van der Waals surface area contributed by atoms with Crippen LogP contribution in [0.4, 0.5) is 4.39 Å². The van der Waals surface area contributed by atoms with E-state index in [9.17, 15) is 14.9 Å². The van der Waals surface area contributed by atoms with E-state index in [1.54, 1.807) is 12.1 Å². The number of allylic oxidation sites excluding steroid dienone is 1. The van der Waals surface area contributed by atoms with Gasteiger partial charge in [-0.3, -0.25) is 4.90 Å². The summed E-state index contributed by atoms with van der Waals surface area (Å²) in [6, 6.07) is 14.5. The summed E-state index contributed by atoms with van der Waals surface area (Å²) in [6.07, 6.45) is 3.86. The number of piperidine rings is 1. The Morgan fingerprint density at radius 3 is 2.32 bits per heavy atom. The van der Waals surface area contributed by atoms with Crippen molar-refractivity contribution in [3.63, 3.8) is 0 Å². The Bertz CT molecular complexity index is 1040. The molecule has 34 heavy (non-hydrogen) atoms. The molecule has 1 aromatic carbocycles. The highest BCUT2D eigenvalue weighted by Gasteiger charge is 2.28. The van der Waals surface area contributed by atoms with Crippen LogP contribution < -0.4 is 5.32 Å². The van der Waals surface area contributed by atoms with Gasteiger partial charge in [0, 0.05) is 32.7 Å². The molecular weight excluding hydrogens is 431 g/mol. The lowest BCUT2D eigenvalue weighted by Gasteiger charge is -2.25. The van der Waals surface area contributed by atoms with Gasteiger partial charge in [0.25, 0.3) is 0 Å². The van der Waals surface area contributed by atoms with Crippen LogP contribution in [0.5, 0.6) is 0 Å². The largest absolute Gasteiger partial charge is 0.463 e. The molecule has 0 unspecified atom stereocenters. The summed E-state index contributed by atoms with van der Waals surface area (Å²) < 4.78 is 19.2. The first kappa shape index (κ1) is 23.8. The molecule has 178 valence electrons. The quantitative estimate of drug-likeness (QED) is 0.451. The summed E-state index contributed by atoms with van der Waals surface area (Å²) in [7, 11) is 0. The fraction of sp³-hybridized carbons (Fsp3) is 0.462. The van der Waals surface area contributed by atoms with Gasteiger partial charge in [0.05, 0.1) is 13.1 Å². The molecule has 8 heteroatoms. The number of hydrogen-bond donors (Lipinski definition) is 1. The first-order valence-corrected chi connectivity index (χ1v) is 12.0. The van der Waals surface area contributed by atoms with Gasteiger partial charge in [0.15, 0.2) is 5.57 Å². The van der Waals surface area contributed by atoms with Gasteiger partial charge >= 0.3 is 0 Å². The lowest BCUT2D eigenvalue weighted by molar-refractivity contribution is 0.203. The van der Waals surface area contributed by atoms with Crippen molar-refractivity contribution in [3.8, 4) is 12.1 Å². The lowest BCUT2D eigenvalue weighted by atomic mass is 10.1. The Hall–Kier alpha value is -3.33. The number of hydrogen-bond acceptors (Lipinski definition) is 7. The molecule has 2 aromatic rings.